The van der Waals surface area contributed by atoms with Gasteiger partial charge < -0.3 is 15.8 Å². The molecule has 15 heavy (non-hydrogen) atoms. The predicted octanol–water partition coefficient (Wildman–Crippen LogP) is 2.24. The minimum absolute atomic E-state index is 0.0502. The van der Waals surface area contributed by atoms with Gasteiger partial charge in [-0.05, 0) is 24.4 Å². The van der Waals surface area contributed by atoms with Crippen molar-refractivity contribution in [1.29, 1.82) is 0 Å². The fourth-order valence-electron chi connectivity index (χ4n) is 0.838. The average molecular weight is 237 g/mol. The van der Waals surface area contributed by atoms with E-state index >= 15 is 0 Å². The zero-order valence-corrected chi connectivity index (χ0v) is 8.08. The first-order valence-electron chi connectivity index (χ1n) is 4.21. The maximum Gasteiger partial charge on any atom is 0.573 e. The molecule has 1 aromatic carbocycles. The summed E-state index contributed by atoms with van der Waals surface area (Å²) in [5.74, 6) is -0.617. The summed E-state index contributed by atoms with van der Waals surface area (Å²) in [6.45, 7) is 0. The van der Waals surface area contributed by atoms with Gasteiger partial charge in [0.05, 0.1) is 1.37 Å². The molecule has 1 rings (SSSR count). The molecular weight excluding hydrogens is 229 g/mol. The molecule has 0 aliphatic heterocycles. The molecule has 0 saturated carbocycles. The summed E-state index contributed by atoms with van der Waals surface area (Å²) in [5.41, 5.74) is 5.19. The Morgan fingerprint density at radius 2 is 2.20 bits per heavy atom. The quantitative estimate of drug-likeness (QED) is 0.774. The topological polar surface area (TPSA) is 47.3 Å². The molecule has 0 amide bonds. The van der Waals surface area contributed by atoms with Crippen LogP contribution in [-0.4, -0.2) is 11.5 Å². The molecule has 0 unspecified atom stereocenters. The molecule has 0 heterocycles. The number of anilines is 1. The van der Waals surface area contributed by atoms with Crippen LogP contribution in [0.25, 0.3) is 0 Å². The second-order valence-electron chi connectivity index (χ2n) is 2.47. The molecule has 0 radical (unpaired) electrons. The van der Waals surface area contributed by atoms with Gasteiger partial charge in [0.25, 0.3) is 0 Å². The molecule has 0 atom stereocenters. The Kier molecular flexibility index (Phi) is 2.91. The number of halogens is 3. The molecule has 3 nitrogen and oxygen atoms in total. The van der Waals surface area contributed by atoms with E-state index in [-0.39, 0.29) is 10.8 Å². The molecular formula is C8H7F3N2OS. The van der Waals surface area contributed by atoms with Crippen molar-refractivity contribution in [3.05, 3.63) is 24.2 Å². The minimum atomic E-state index is -4.84. The van der Waals surface area contributed by atoms with Crippen molar-refractivity contribution in [3.63, 3.8) is 0 Å². The molecule has 0 spiro atoms. The zero-order valence-electron chi connectivity index (χ0n) is 8.26. The third-order valence-corrected chi connectivity index (χ3v) is 1.35. The van der Waals surface area contributed by atoms with E-state index in [9.17, 15) is 13.2 Å². The highest BCUT2D eigenvalue weighted by molar-refractivity contribution is 7.80. The van der Waals surface area contributed by atoms with Crippen LogP contribution in [0.1, 0.15) is 1.37 Å². The van der Waals surface area contributed by atoms with Gasteiger partial charge in [-0.15, -0.1) is 13.2 Å². The predicted molar refractivity (Wildman–Crippen MR) is 53.5 cm³/mol. The van der Waals surface area contributed by atoms with Gasteiger partial charge in [-0.1, -0.05) is 6.07 Å². The largest absolute Gasteiger partial charge is 0.573 e. The van der Waals surface area contributed by atoms with E-state index in [1.807, 2.05) is 0 Å². The zero-order chi connectivity index (χ0) is 12.3. The molecule has 7 heteroatoms. The van der Waals surface area contributed by atoms with Crippen LogP contribution in [0.5, 0.6) is 5.75 Å². The second-order valence-corrected chi connectivity index (χ2v) is 2.91. The van der Waals surface area contributed by atoms with Gasteiger partial charge >= 0.3 is 6.36 Å². The van der Waals surface area contributed by atoms with Crippen LogP contribution in [0.2, 0.25) is 0 Å². The van der Waals surface area contributed by atoms with Crippen molar-refractivity contribution < 1.29 is 19.3 Å². The lowest BCUT2D eigenvalue weighted by Crippen LogP contribution is -2.19. The number of hydrogen-bond acceptors (Lipinski definition) is 2. The molecule has 3 N–H and O–H groups in total. The Morgan fingerprint density at radius 1 is 1.53 bits per heavy atom. The maximum absolute atomic E-state index is 11.9. The van der Waals surface area contributed by atoms with Gasteiger partial charge in [-0.2, -0.15) is 0 Å². The number of nitrogens with two attached hydrogens (primary N) is 1. The first kappa shape index (κ1) is 10.0. The smallest absolute Gasteiger partial charge is 0.406 e. The summed E-state index contributed by atoms with van der Waals surface area (Å²) in [7, 11) is 0. The molecule has 1 aromatic rings. The first-order chi connectivity index (χ1) is 7.29. The molecule has 0 aliphatic carbocycles. The minimum Gasteiger partial charge on any atom is -0.406 e. The lowest BCUT2D eigenvalue weighted by Gasteiger charge is -2.10. The van der Waals surface area contributed by atoms with E-state index in [1.165, 1.54) is 12.1 Å². The van der Waals surface area contributed by atoms with Crippen molar-refractivity contribution in [3.8, 4) is 5.75 Å². The van der Waals surface area contributed by atoms with E-state index in [0.29, 0.717) is 0 Å². The Labute approximate surface area is 90.4 Å². The van der Waals surface area contributed by atoms with Crippen molar-refractivity contribution in [2.24, 2.45) is 5.73 Å². The molecule has 0 aromatic heterocycles. The van der Waals surface area contributed by atoms with Gasteiger partial charge in [0.1, 0.15) is 5.75 Å². The van der Waals surface area contributed by atoms with Gasteiger partial charge in [0.15, 0.2) is 5.11 Å². The van der Waals surface area contributed by atoms with E-state index in [1.54, 1.807) is 0 Å². The molecule has 0 aliphatic rings. The second kappa shape index (κ2) is 4.35. The first-order valence-corrected chi connectivity index (χ1v) is 4.12. The fourth-order valence-corrected chi connectivity index (χ4v) is 0.948. The molecule has 0 fully saturated rings. The highest BCUT2D eigenvalue weighted by atomic mass is 32.1. The monoisotopic (exact) mass is 237 g/mol. The Hall–Kier alpha value is -1.50. The van der Waals surface area contributed by atoms with Gasteiger partial charge in [0, 0.05) is 11.7 Å². The van der Waals surface area contributed by atoms with Crippen molar-refractivity contribution in [2.45, 2.75) is 6.36 Å². The van der Waals surface area contributed by atoms with E-state index in [4.69, 9.17) is 7.10 Å². The van der Waals surface area contributed by atoms with E-state index in [0.717, 1.165) is 6.07 Å². The van der Waals surface area contributed by atoms with Crippen LogP contribution in [0.15, 0.2) is 24.2 Å². The van der Waals surface area contributed by atoms with Crippen LogP contribution in [0.3, 0.4) is 0 Å². The van der Waals surface area contributed by atoms with Crippen LogP contribution in [0, 0.1) is 0 Å². The number of hydrogen-bond donors (Lipinski definition) is 2. The number of ether oxygens (including phenoxy) is 1. The summed E-state index contributed by atoms with van der Waals surface area (Å²) in [6, 6.07) is 3.22. The SMILES string of the molecule is [2H]c1c(NC(N)=S)cccc1OC(F)(F)F. The van der Waals surface area contributed by atoms with Gasteiger partial charge in [0.2, 0.25) is 0 Å². The van der Waals surface area contributed by atoms with Crippen molar-refractivity contribution in [1.82, 2.24) is 0 Å². The lowest BCUT2D eigenvalue weighted by molar-refractivity contribution is -0.274. The van der Waals surface area contributed by atoms with Gasteiger partial charge in [-0.3, -0.25) is 0 Å². The highest BCUT2D eigenvalue weighted by Crippen LogP contribution is 2.24. The molecule has 0 bridgehead atoms. The Morgan fingerprint density at radius 3 is 2.73 bits per heavy atom. The van der Waals surface area contributed by atoms with Gasteiger partial charge in [-0.25, -0.2) is 0 Å². The van der Waals surface area contributed by atoms with Crippen LogP contribution >= 0.6 is 12.2 Å². The molecule has 0 saturated heterocycles. The third kappa shape index (κ3) is 4.50. The summed E-state index contributed by atoms with van der Waals surface area (Å²) in [4.78, 5) is 0. The summed E-state index contributed by atoms with van der Waals surface area (Å²) in [5, 5.41) is 2.23. The number of benzene rings is 1. The van der Waals surface area contributed by atoms with E-state index in [2.05, 4.69) is 22.3 Å². The third-order valence-electron chi connectivity index (χ3n) is 1.25. The number of nitrogens with one attached hydrogen (secondary N) is 1. The maximum atomic E-state index is 11.9. The fraction of sp³-hybridized carbons (Fsp3) is 0.125. The normalized spacial score (nSPS) is 11.8. The van der Waals surface area contributed by atoms with E-state index < -0.39 is 18.2 Å². The Bertz CT molecular complexity index is 411. The van der Waals surface area contributed by atoms with Crippen LogP contribution in [0.4, 0.5) is 18.9 Å². The number of thiocarbonyl (C=S) groups is 1. The van der Waals surface area contributed by atoms with Crippen LogP contribution in [-0.2, 0) is 0 Å². The standard InChI is InChI=1S/C8H7F3N2OS/c9-8(10,11)14-6-3-1-2-5(4-6)13-7(12)15/h1-4H,(H3,12,13,15)/i4D. The highest BCUT2D eigenvalue weighted by Gasteiger charge is 2.31. The van der Waals surface area contributed by atoms with Crippen molar-refractivity contribution in [2.75, 3.05) is 5.32 Å². The summed E-state index contributed by atoms with van der Waals surface area (Å²) >= 11 is 4.51. The average Bonchev–Trinajstić information content (AvgIpc) is 2.09. The molecule has 82 valence electrons. The Balaban J connectivity index is 2.99. The number of alkyl halides is 3. The number of rotatable bonds is 2. The van der Waals surface area contributed by atoms with Crippen LogP contribution < -0.4 is 15.8 Å². The summed E-state index contributed by atoms with van der Waals surface area (Å²) in [6.07, 6.45) is -4.84. The van der Waals surface area contributed by atoms with Crippen molar-refractivity contribution >= 4 is 23.0 Å². The lowest BCUT2D eigenvalue weighted by atomic mass is 10.3. The summed E-state index contributed by atoms with van der Waals surface area (Å²) < 4.78 is 46.9.